The zero-order valence-corrected chi connectivity index (χ0v) is 12.9. The van der Waals surface area contributed by atoms with Crippen molar-refractivity contribution >= 4 is 12.0 Å². The van der Waals surface area contributed by atoms with Gasteiger partial charge in [0.15, 0.2) is 0 Å². The number of carbonyl (C=O) groups excluding carboxylic acids is 1. The second-order valence-electron chi connectivity index (χ2n) is 6.52. The van der Waals surface area contributed by atoms with E-state index in [1.807, 2.05) is 0 Å². The molecule has 0 spiro atoms. The van der Waals surface area contributed by atoms with Crippen LogP contribution in [-0.2, 0) is 9.53 Å². The molecule has 0 aromatic rings. The monoisotopic (exact) mass is 286 g/mol. The smallest absolute Gasteiger partial charge is 0.315 e. The Morgan fingerprint density at radius 1 is 1.20 bits per heavy atom. The molecule has 116 valence electrons. The molecule has 20 heavy (non-hydrogen) atoms. The van der Waals surface area contributed by atoms with Crippen LogP contribution in [0.2, 0.25) is 0 Å². The highest BCUT2D eigenvalue weighted by Crippen LogP contribution is 2.30. The number of nitrogens with one attached hydrogen (secondary N) is 2. The number of carboxylic acid groups (broad SMARTS) is 1. The first kappa shape index (κ1) is 16.8. The summed E-state index contributed by atoms with van der Waals surface area (Å²) in [6, 6.07) is -0.241. The van der Waals surface area contributed by atoms with Gasteiger partial charge in [-0.25, -0.2) is 4.79 Å². The van der Waals surface area contributed by atoms with E-state index in [9.17, 15) is 14.7 Å². The van der Waals surface area contributed by atoms with E-state index in [1.54, 1.807) is 34.8 Å². The third kappa shape index (κ3) is 3.62. The molecule has 0 aliphatic heterocycles. The lowest BCUT2D eigenvalue weighted by Gasteiger charge is -2.39. The normalized spacial score (nSPS) is 23.4. The quantitative estimate of drug-likeness (QED) is 0.718. The van der Waals surface area contributed by atoms with Gasteiger partial charge in [0.1, 0.15) is 0 Å². The van der Waals surface area contributed by atoms with E-state index in [0.29, 0.717) is 0 Å². The van der Waals surface area contributed by atoms with E-state index in [4.69, 9.17) is 4.74 Å². The maximum absolute atomic E-state index is 12.0. The van der Waals surface area contributed by atoms with E-state index < -0.39 is 16.9 Å². The highest BCUT2D eigenvalue weighted by molar-refractivity contribution is 5.79. The number of carboxylic acids is 1. The van der Waals surface area contributed by atoms with Crippen LogP contribution in [0.5, 0.6) is 0 Å². The summed E-state index contributed by atoms with van der Waals surface area (Å²) in [5, 5.41) is 14.9. The second kappa shape index (κ2) is 5.99. The van der Waals surface area contributed by atoms with Crippen LogP contribution in [0.4, 0.5) is 4.79 Å². The predicted molar refractivity (Wildman–Crippen MR) is 75.6 cm³/mol. The molecule has 2 atom stereocenters. The number of ether oxygens (including phenoxy) is 1. The number of hydrogen-bond donors (Lipinski definition) is 3. The maximum Gasteiger partial charge on any atom is 0.315 e. The summed E-state index contributed by atoms with van der Waals surface area (Å²) < 4.78 is 5.26. The molecule has 0 saturated heterocycles. The van der Waals surface area contributed by atoms with Crippen molar-refractivity contribution in [2.24, 2.45) is 5.41 Å². The van der Waals surface area contributed by atoms with Gasteiger partial charge in [-0.1, -0.05) is 0 Å². The number of urea groups is 1. The standard InChI is InChI=1S/C14H26N2O4/c1-13(2,11(17)18)14(3,4)16-12(19)15-9-6-7-10(8-9)20-5/h9-10H,6-8H2,1-5H3,(H,17,18)(H2,15,16,19). The van der Waals surface area contributed by atoms with Crippen molar-refractivity contribution in [3.63, 3.8) is 0 Å². The number of carbonyl (C=O) groups is 2. The number of aliphatic carboxylic acids is 1. The summed E-state index contributed by atoms with van der Waals surface area (Å²) in [5.74, 6) is -0.942. The average molecular weight is 286 g/mol. The zero-order chi connectivity index (χ0) is 15.6. The Balaban J connectivity index is 2.56. The zero-order valence-electron chi connectivity index (χ0n) is 12.9. The van der Waals surface area contributed by atoms with Gasteiger partial charge in [0.25, 0.3) is 0 Å². The van der Waals surface area contributed by atoms with Crippen molar-refractivity contribution in [1.29, 1.82) is 0 Å². The summed E-state index contributed by atoms with van der Waals surface area (Å²) in [6.45, 7) is 6.64. The van der Waals surface area contributed by atoms with Crippen LogP contribution in [-0.4, -0.2) is 41.9 Å². The first-order valence-electron chi connectivity index (χ1n) is 6.95. The Labute approximate surface area is 120 Å². The minimum Gasteiger partial charge on any atom is -0.481 e. The highest BCUT2D eigenvalue weighted by atomic mass is 16.5. The molecule has 2 unspecified atom stereocenters. The first-order chi connectivity index (χ1) is 9.10. The van der Waals surface area contributed by atoms with Crippen LogP contribution >= 0.6 is 0 Å². The fourth-order valence-electron chi connectivity index (χ4n) is 2.21. The van der Waals surface area contributed by atoms with Gasteiger partial charge in [-0.15, -0.1) is 0 Å². The SMILES string of the molecule is COC1CCC(NC(=O)NC(C)(C)C(C)(C)C(=O)O)C1. The highest BCUT2D eigenvalue weighted by Gasteiger charge is 2.44. The van der Waals surface area contributed by atoms with Crippen LogP contribution in [0.15, 0.2) is 0 Å². The van der Waals surface area contributed by atoms with Crippen LogP contribution in [0.25, 0.3) is 0 Å². The summed E-state index contributed by atoms with van der Waals surface area (Å²) in [5.41, 5.74) is -1.92. The van der Waals surface area contributed by atoms with Crippen LogP contribution in [0, 0.1) is 5.41 Å². The van der Waals surface area contributed by atoms with Crippen LogP contribution in [0.3, 0.4) is 0 Å². The van der Waals surface area contributed by atoms with Crippen molar-refractivity contribution < 1.29 is 19.4 Å². The van der Waals surface area contributed by atoms with E-state index in [2.05, 4.69) is 10.6 Å². The number of rotatable bonds is 5. The molecule has 6 nitrogen and oxygen atoms in total. The summed E-state index contributed by atoms with van der Waals surface area (Å²) in [4.78, 5) is 23.3. The van der Waals surface area contributed by atoms with Gasteiger partial charge in [0.2, 0.25) is 0 Å². The molecule has 1 rings (SSSR count). The number of methoxy groups -OCH3 is 1. The molecular weight excluding hydrogens is 260 g/mol. The molecule has 3 N–H and O–H groups in total. The maximum atomic E-state index is 12.0. The van der Waals surface area contributed by atoms with Crippen molar-refractivity contribution in [3.8, 4) is 0 Å². The lowest BCUT2D eigenvalue weighted by molar-refractivity contribution is -0.150. The molecule has 0 radical (unpaired) electrons. The van der Waals surface area contributed by atoms with E-state index in [0.717, 1.165) is 19.3 Å². The summed E-state index contributed by atoms with van der Waals surface area (Å²) in [6.07, 6.45) is 2.82. The minimum absolute atomic E-state index is 0.0868. The van der Waals surface area contributed by atoms with Gasteiger partial charge < -0.3 is 20.5 Å². The second-order valence-corrected chi connectivity index (χ2v) is 6.52. The number of amides is 2. The average Bonchev–Trinajstić information content (AvgIpc) is 2.75. The molecule has 1 aliphatic carbocycles. The molecule has 6 heteroatoms. The fourth-order valence-corrected chi connectivity index (χ4v) is 2.21. The Hall–Kier alpha value is -1.30. The molecule has 2 amide bonds. The Morgan fingerprint density at radius 2 is 1.80 bits per heavy atom. The van der Waals surface area contributed by atoms with Crippen molar-refractivity contribution in [2.45, 2.75) is 64.6 Å². The van der Waals surface area contributed by atoms with Crippen molar-refractivity contribution in [3.05, 3.63) is 0 Å². The molecule has 1 fully saturated rings. The van der Waals surface area contributed by atoms with E-state index >= 15 is 0 Å². The number of hydrogen-bond acceptors (Lipinski definition) is 3. The van der Waals surface area contributed by atoms with Gasteiger partial charge in [0.05, 0.1) is 17.1 Å². The molecule has 0 heterocycles. The van der Waals surface area contributed by atoms with Gasteiger partial charge >= 0.3 is 12.0 Å². The van der Waals surface area contributed by atoms with E-state index in [1.165, 1.54) is 0 Å². The first-order valence-corrected chi connectivity index (χ1v) is 6.95. The lowest BCUT2D eigenvalue weighted by Crippen LogP contribution is -2.59. The van der Waals surface area contributed by atoms with Gasteiger partial charge in [-0.2, -0.15) is 0 Å². The Kier molecular flexibility index (Phi) is 5.02. The van der Waals surface area contributed by atoms with Crippen LogP contribution < -0.4 is 10.6 Å². The van der Waals surface area contributed by atoms with Crippen molar-refractivity contribution in [2.75, 3.05) is 7.11 Å². The third-order valence-corrected chi connectivity index (χ3v) is 4.58. The topological polar surface area (TPSA) is 87.7 Å². The molecule has 1 saturated carbocycles. The largest absolute Gasteiger partial charge is 0.481 e. The Morgan fingerprint density at radius 3 is 2.25 bits per heavy atom. The predicted octanol–water partition coefficient (Wildman–Crippen LogP) is 1.74. The summed E-state index contributed by atoms with van der Waals surface area (Å²) >= 11 is 0. The van der Waals surface area contributed by atoms with Crippen molar-refractivity contribution in [1.82, 2.24) is 10.6 Å². The van der Waals surface area contributed by atoms with Gasteiger partial charge in [-0.3, -0.25) is 4.79 Å². The Bertz CT molecular complexity index is 379. The summed E-state index contributed by atoms with van der Waals surface area (Å²) in [7, 11) is 1.67. The third-order valence-electron chi connectivity index (χ3n) is 4.58. The molecule has 0 bridgehead atoms. The molecule has 0 aromatic carbocycles. The molecule has 1 aliphatic rings. The van der Waals surface area contributed by atoms with Gasteiger partial charge in [0, 0.05) is 13.2 Å². The fraction of sp³-hybridized carbons (Fsp3) is 0.857. The molecule has 0 aromatic heterocycles. The van der Waals surface area contributed by atoms with Crippen LogP contribution in [0.1, 0.15) is 47.0 Å². The van der Waals surface area contributed by atoms with E-state index in [-0.39, 0.29) is 18.2 Å². The van der Waals surface area contributed by atoms with Gasteiger partial charge in [-0.05, 0) is 47.0 Å². The lowest BCUT2D eigenvalue weighted by atomic mass is 9.74. The molecular formula is C14H26N2O4. The minimum atomic E-state index is -1.06.